The number of aromatic nitrogens is 1. The third kappa shape index (κ3) is 2.04. The molecule has 0 spiro atoms. The summed E-state index contributed by atoms with van der Waals surface area (Å²) in [6.45, 7) is 5.40. The second-order valence-corrected chi connectivity index (χ2v) is 5.60. The van der Waals surface area contributed by atoms with Crippen LogP contribution in [0.3, 0.4) is 0 Å². The zero-order valence-corrected chi connectivity index (χ0v) is 11.9. The summed E-state index contributed by atoms with van der Waals surface area (Å²) in [4.78, 5) is 20.4. The van der Waals surface area contributed by atoms with Crippen molar-refractivity contribution in [3.63, 3.8) is 0 Å². The Hall–Kier alpha value is -1.10. The minimum Gasteiger partial charge on any atom is -0.342 e. The standard InChI is InChI=1S/C12H16BrN3O/c1-12(2)11(17)15(3)7-8-16(12)10-9(13)5-4-6-14-10/h4-6H,7-8H2,1-3H3. The molecule has 1 aromatic heterocycles. The number of hydrogen-bond acceptors (Lipinski definition) is 3. The van der Waals surface area contributed by atoms with Crippen LogP contribution < -0.4 is 4.90 Å². The van der Waals surface area contributed by atoms with Gasteiger partial charge >= 0.3 is 0 Å². The van der Waals surface area contributed by atoms with Gasteiger partial charge in [-0.3, -0.25) is 4.79 Å². The number of nitrogens with zero attached hydrogens (tertiary/aromatic N) is 3. The number of carbonyl (C=O) groups excluding carboxylic acids is 1. The molecule has 92 valence electrons. The third-order valence-electron chi connectivity index (χ3n) is 3.20. The van der Waals surface area contributed by atoms with Gasteiger partial charge in [-0.25, -0.2) is 4.98 Å². The molecule has 0 saturated carbocycles. The lowest BCUT2D eigenvalue weighted by atomic mass is 9.98. The Kier molecular flexibility index (Phi) is 3.12. The van der Waals surface area contributed by atoms with Crippen LogP contribution in [0.1, 0.15) is 13.8 Å². The van der Waals surface area contributed by atoms with Gasteiger partial charge in [-0.15, -0.1) is 0 Å². The average molecular weight is 298 g/mol. The highest BCUT2D eigenvalue weighted by Gasteiger charge is 2.41. The van der Waals surface area contributed by atoms with Crippen LogP contribution in [0, 0.1) is 0 Å². The van der Waals surface area contributed by atoms with Crippen molar-refractivity contribution in [2.45, 2.75) is 19.4 Å². The fraction of sp³-hybridized carbons (Fsp3) is 0.500. The number of anilines is 1. The van der Waals surface area contributed by atoms with E-state index in [-0.39, 0.29) is 5.91 Å². The Bertz CT molecular complexity index is 447. The number of piperazine rings is 1. The maximum absolute atomic E-state index is 12.2. The number of rotatable bonds is 1. The highest BCUT2D eigenvalue weighted by atomic mass is 79.9. The van der Waals surface area contributed by atoms with E-state index < -0.39 is 5.54 Å². The lowest BCUT2D eigenvalue weighted by Gasteiger charge is -2.45. The lowest BCUT2D eigenvalue weighted by Crippen LogP contribution is -2.62. The van der Waals surface area contributed by atoms with Crippen LogP contribution in [0.25, 0.3) is 0 Å². The van der Waals surface area contributed by atoms with Gasteiger partial charge in [-0.1, -0.05) is 0 Å². The summed E-state index contributed by atoms with van der Waals surface area (Å²) >= 11 is 3.49. The second-order valence-electron chi connectivity index (χ2n) is 4.75. The van der Waals surface area contributed by atoms with Crippen molar-refractivity contribution in [1.29, 1.82) is 0 Å². The fourth-order valence-corrected chi connectivity index (χ4v) is 2.63. The molecule has 5 heteroatoms. The maximum atomic E-state index is 12.2. The Morgan fingerprint density at radius 2 is 2.12 bits per heavy atom. The van der Waals surface area contributed by atoms with Gasteiger partial charge < -0.3 is 9.80 Å². The van der Waals surface area contributed by atoms with E-state index >= 15 is 0 Å². The minimum absolute atomic E-state index is 0.126. The van der Waals surface area contributed by atoms with Crippen LogP contribution in [0.2, 0.25) is 0 Å². The van der Waals surface area contributed by atoms with Crippen molar-refractivity contribution in [1.82, 2.24) is 9.88 Å². The number of halogens is 1. The summed E-state index contributed by atoms with van der Waals surface area (Å²) in [5, 5.41) is 0. The van der Waals surface area contributed by atoms with Crippen molar-refractivity contribution in [2.24, 2.45) is 0 Å². The fourth-order valence-electron chi connectivity index (χ4n) is 2.16. The average Bonchev–Trinajstić information content (AvgIpc) is 2.28. The number of carbonyl (C=O) groups is 1. The summed E-state index contributed by atoms with van der Waals surface area (Å²) in [7, 11) is 1.84. The van der Waals surface area contributed by atoms with Gasteiger partial charge in [0.15, 0.2) is 0 Å². The zero-order chi connectivity index (χ0) is 12.6. The van der Waals surface area contributed by atoms with E-state index in [0.29, 0.717) is 0 Å². The molecule has 0 aliphatic carbocycles. The number of amides is 1. The monoisotopic (exact) mass is 297 g/mol. The number of hydrogen-bond donors (Lipinski definition) is 0. The van der Waals surface area contributed by atoms with Crippen LogP contribution in [0.5, 0.6) is 0 Å². The molecule has 1 aliphatic heterocycles. The first-order valence-corrected chi connectivity index (χ1v) is 6.37. The second kappa shape index (κ2) is 4.29. The molecule has 0 aromatic carbocycles. The predicted molar refractivity (Wildman–Crippen MR) is 71.0 cm³/mol. The molecular formula is C12H16BrN3O. The predicted octanol–water partition coefficient (Wildman–Crippen LogP) is 1.90. The molecule has 1 aliphatic rings. The molecular weight excluding hydrogens is 282 g/mol. The largest absolute Gasteiger partial charge is 0.342 e. The molecule has 0 radical (unpaired) electrons. The van der Waals surface area contributed by atoms with Crippen LogP contribution >= 0.6 is 15.9 Å². The molecule has 4 nitrogen and oxygen atoms in total. The smallest absolute Gasteiger partial charge is 0.247 e. The van der Waals surface area contributed by atoms with Gasteiger partial charge in [0.25, 0.3) is 0 Å². The summed E-state index contributed by atoms with van der Waals surface area (Å²) in [5.74, 6) is 0.959. The maximum Gasteiger partial charge on any atom is 0.247 e. The van der Waals surface area contributed by atoms with Crippen LogP contribution in [-0.2, 0) is 4.79 Å². The third-order valence-corrected chi connectivity index (χ3v) is 3.82. The molecule has 0 bridgehead atoms. The first kappa shape index (κ1) is 12.4. The molecule has 0 atom stereocenters. The zero-order valence-electron chi connectivity index (χ0n) is 10.3. The first-order chi connectivity index (χ1) is 7.94. The molecule has 1 fully saturated rings. The topological polar surface area (TPSA) is 36.4 Å². The first-order valence-electron chi connectivity index (χ1n) is 5.58. The summed E-state index contributed by atoms with van der Waals surface area (Å²) in [5.41, 5.74) is -0.552. The van der Waals surface area contributed by atoms with Gasteiger partial charge in [0.05, 0.1) is 4.47 Å². The summed E-state index contributed by atoms with van der Waals surface area (Å²) in [6, 6.07) is 3.82. The SMILES string of the molecule is CN1CCN(c2ncccc2Br)C(C)(C)C1=O. The Balaban J connectivity index is 2.40. The highest BCUT2D eigenvalue weighted by molar-refractivity contribution is 9.10. The van der Waals surface area contributed by atoms with Gasteiger partial charge in [-0.05, 0) is 41.9 Å². The Labute approximate surface area is 110 Å². The van der Waals surface area contributed by atoms with E-state index in [4.69, 9.17) is 0 Å². The minimum atomic E-state index is -0.552. The van der Waals surface area contributed by atoms with Crippen molar-refractivity contribution >= 4 is 27.7 Å². The number of pyridine rings is 1. The van der Waals surface area contributed by atoms with E-state index in [0.717, 1.165) is 23.4 Å². The van der Waals surface area contributed by atoms with E-state index in [1.807, 2.05) is 33.0 Å². The van der Waals surface area contributed by atoms with E-state index in [9.17, 15) is 4.79 Å². The lowest BCUT2D eigenvalue weighted by molar-refractivity contribution is -0.136. The summed E-state index contributed by atoms with van der Waals surface area (Å²) < 4.78 is 0.922. The van der Waals surface area contributed by atoms with Gasteiger partial charge in [-0.2, -0.15) is 0 Å². The van der Waals surface area contributed by atoms with Crippen LogP contribution in [0.4, 0.5) is 5.82 Å². The number of likely N-dealkylation sites (N-methyl/N-ethyl adjacent to an activating group) is 1. The molecule has 0 unspecified atom stereocenters. The van der Waals surface area contributed by atoms with E-state index in [1.54, 1.807) is 11.1 Å². The molecule has 1 aromatic rings. The van der Waals surface area contributed by atoms with Gasteiger partial charge in [0.2, 0.25) is 5.91 Å². The quantitative estimate of drug-likeness (QED) is 0.794. The molecule has 1 saturated heterocycles. The van der Waals surface area contributed by atoms with Crippen molar-refractivity contribution in [3.8, 4) is 0 Å². The Morgan fingerprint density at radius 1 is 1.41 bits per heavy atom. The van der Waals surface area contributed by atoms with E-state index in [2.05, 4.69) is 25.8 Å². The molecule has 1 amide bonds. The van der Waals surface area contributed by atoms with Gasteiger partial charge in [0, 0.05) is 26.3 Å². The van der Waals surface area contributed by atoms with Crippen molar-refractivity contribution < 1.29 is 4.79 Å². The molecule has 2 heterocycles. The normalized spacial score (nSPS) is 19.6. The van der Waals surface area contributed by atoms with Crippen LogP contribution in [0.15, 0.2) is 22.8 Å². The van der Waals surface area contributed by atoms with Gasteiger partial charge in [0.1, 0.15) is 11.4 Å². The molecule has 17 heavy (non-hydrogen) atoms. The van der Waals surface area contributed by atoms with Crippen molar-refractivity contribution in [2.75, 3.05) is 25.0 Å². The molecule has 2 rings (SSSR count). The van der Waals surface area contributed by atoms with E-state index in [1.165, 1.54) is 0 Å². The Morgan fingerprint density at radius 3 is 2.76 bits per heavy atom. The van der Waals surface area contributed by atoms with Crippen LogP contribution in [-0.4, -0.2) is 41.5 Å². The van der Waals surface area contributed by atoms with Crippen molar-refractivity contribution in [3.05, 3.63) is 22.8 Å². The highest BCUT2D eigenvalue weighted by Crippen LogP contribution is 2.31. The summed E-state index contributed by atoms with van der Waals surface area (Å²) in [6.07, 6.45) is 1.75. The molecule has 0 N–H and O–H groups in total.